The molecule has 9 heteroatoms. The van der Waals surface area contributed by atoms with Gasteiger partial charge in [0.1, 0.15) is 6.07 Å². The fourth-order valence-electron chi connectivity index (χ4n) is 1.74. The van der Waals surface area contributed by atoms with Crippen LogP contribution in [0.4, 0.5) is 0 Å². The van der Waals surface area contributed by atoms with E-state index in [1.165, 1.54) is 11.8 Å². The van der Waals surface area contributed by atoms with Crippen LogP contribution >= 0.6 is 11.8 Å². The third-order valence-corrected chi connectivity index (χ3v) is 3.47. The van der Waals surface area contributed by atoms with E-state index in [1.54, 1.807) is 37.6 Å². The first-order chi connectivity index (χ1) is 12.2. The molecular formula is C16H16N4O4S. The molecule has 0 spiro atoms. The smallest absolute Gasteiger partial charge is 0.350 e. The van der Waals surface area contributed by atoms with Gasteiger partial charge in [-0.05, 0) is 36.9 Å². The molecule has 1 N–H and O–H groups in total. The second kappa shape index (κ2) is 9.34. The van der Waals surface area contributed by atoms with E-state index in [-0.39, 0.29) is 19.0 Å². The molecule has 1 aromatic rings. The van der Waals surface area contributed by atoms with Crippen LogP contribution in [0.5, 0.6) is 11.5 Å². The van der Waals surface area contributed by atoms with Crippen molar-refractivity contribution in [3.8, 4) is 17.6 Å². The first-order valence-electron chi connectivity index (χ1n) is 7.25. The van der Waals surface area contributed by atoms with Crippen molar-refractivity contribution in [1.29, 1.82) is 5.26 Å². The van der Waals surface area contributed by atoms with E-state index in [0.29, 0.717) is 16.7 Å². The van der Waals surface area contributed by atoms with Crippen molar-refractivity contribution in [2.45, 2.75) is 6.92 Å². The van der Waals surface area contributed by atoms with Crippen molar-refractivity contribution in [3.05, 3.63) is 35.5 Å². The highest BCUT2D eigenvalue weighted by Crippen LogP contribution is 2.31. The topological polar surface area (TPSA) is 105 Å². The van der Waals surface area contributed by atoms with Gasteiger partial charge in [0.15, 0.2) is 22.2 Å². The maximum Gasteiger partial charge on any atom is 0.350 e. The first-order valence-corrected chi connectivity index (χ1v) is 8.48. The van der Waals surface area contributed by atoms with Gasteiger partial charge in [0.05, 0.1) is 19.0 Å². The predicted octanol–water partition coefficient (Wildman–Crippen LogP) is 2.03. The minimum atomic E-state index is -0.710. The molecule has 0 atom stereocenters. The summed E-state index contributed by atoms with van der Waals surface area (Å²) in [6.07, 6.45) is 4.52. The molecule has 0 aliphatic carbocycles. The van der Waals surface area contributed by atoms with Gasteiger partial charge in [0.2, 0.25) is 6.79 Å². The summed E-state index contributed by atoms with van der Waals surface area (Å²) in [7, 11) is 0. The van der Waals surface area contributed by atoms with Gasteiger partial charge in [-0.2, -0.15) is 10.4 Å². The maximum absolute atomic E-state index is 11.5. The molecule has 0 saturated heterocycles. The summed E-state index contributed by atoms with van der Waals surface area (Å²) >= 11 is 1.28. The van der Waals surface area contributed by atoms with Crippen LogP contribution in [0.25, 0.3) is 0 Å². The zero-order valence-corrected chi connectivity index (χ0v) is 14.5. The highest BCUT2D eigenvalue weighted by atomic mass is 32.2. The summed E-state index contributed by atoms with van der Waals surface area (Å²) in [5.41, 5.74) is 3.37. The Hall–Kier alpha value is -2.99. The molecule has 1 aliphatic heterocycles. The van der Waals surface area contributed by atoms with Gasteiger partial charge in [-0.3, -0.25) is 5.43 Å². The molecule has 0 radical (unpaired) electrons. The van der Waals surface area contributed by atoms with Crippen LogP contribution in [-0.2, 0) is 9.53 Å². The molecule has 1 aliphatic rings. The zero-order chi connectivity index (χ0) is 18.1. The Balaban J connectivity index is 2.01. The Bertz CT molecular complexity index is 768. The van der Waals surface area contributed by atoms with Crippen molar-refractivity contribution in [1.82, 2.24) is 5.43 Å². The minimum Gasteiger partial charge on any atom is -0.462 e. The lowest BCUT2D eigenvalue weighted by Crippen LogP contribution is -2.13. The lowest BCUT2D eigenvalue weighted by atomic mass is 10.2. The Morgan fingerprint density at radius 3 is 3.00 bits per heavy atom. The zero-order valence-electron chi connectivity index (χ0n) is 13.7. The van der Waals surface area contributed by atoms with E-state index >= 15 is 0 Å². The lowest BCUT2D eigenvalue weighted by molar-refractivity contribution is -0.138. The molecule has 1 heterocycles. The van der Waals surface area contributed by atoms with Gasteiger partial charge in [-0.1, -0.05) is 11.8 Å². The molecule has 2 rings (SSSR count). The normalized spacial score (nSPS) is 13.6. The van der Waals surface area contributed by atoms with Crippen LogP contribution in [0.3, 0.4) is 0 Å². The summed E-state index contributed by atoms with van der Waals surface area (Å²) in [6.45, 7) is 2.07. The molecule has 0 aromatic heterocycles. The molecule has 130 valence electrons. The van der Waals surface area contributed by atoms with Crippen LogP contribution in [0, 0.1) is 11.3 Å². The van der Waals surface area contributed by atoms with Crippen LogP contribution < -0.4 is 14.9 Å². The standard InChI is InChI=1S/C16H16N4O4S/c1-3-22-15(21)12(7-17)9-18-16(25-2)20-19-8-11-4-5-13-14(6-11)24-10-23-13/h4-6,8-9H,3,10H2,1-2H3,(H,18,20)/b12-9-,19-8-. The van der Waals surface area contributed by atoms with Crippen LogP contribution in [-0.4, -0.2) is 37.0 Å². The van der Waals surface area contributed by atoms with Crippen LogP contribution in [0.15, 0.2) is 40.1 Å². The Morgan fingerprint density at radius 1 is 1.48 bits per heavy atom. The van der Waals surface area contributed by atoms with E-state index in [0.717, 1.165) is 11.8 Å². The molecule has 0 fully saturated rings. The SMILES string of the molecule is CCOC(=O)/C(C#N)=C\N=C(N/N=C\c1ccc2c(c1)OCO2)SC. The molecule has 0 unspecified atom stereocenters. The van der Waals surface area contributed by atoms with Gasteiger partial charge in [-0.15, -0.1) is 0 Å². The molecule has 0 saturated carbocycles. The van der Waals surface area contributed by atoms with Crippen molar-refractivity contribution in [2.24, 2.45) is 10.1 Å². The number of nitriles is 1. The fraction of sp³-hybridized carbons (Fsp3) is 0.250. The monoisotopic (exact) mass is 360 g/mol. The van der Waals surface area contributed by atoms with Crippen LogP contribution in [0.1, 0.15) is 12.5 Å². The van der Waals surface area contributed by atoms with Gasteiger partial charge in [0.25, 0.3) is 0 Å². The van der Waals surface area contributed by atoms with E-state index < -0.39 is 5.97 Å². The van der Waals surface area contributed by atoms with Crippen molar-refractivity contribution < 1.29 is 19.0 Å². The van der Waals surface area contributed by atoms with E-state index in [4.69, 9.17) is 19.5 Å². The Labute approximate surface area is 149 Å². The van der Waals surface area contributed by atoms with Crippen LogP contribution in [0.2, 0.25) is 0 Å². The van der Waals surface area contributed by atoms with E-state index in [9.17, 15) is 4.79 Å². The fourth-order valence-corrected chi connectivity index (χ4v) is 2.04. The number of nitrogens with zero attached hydrogens (tertiary/aromatic N) is 3. The average molecular weight is 360 g/mol. The highest BCUT2D eigenvalue weighted by molar-refractivity contribution is 8.13. The maximum atomic E-state index is 11.5. The average Bonchev–Trinajstić information content (AvgIpc) is 3.08. The number of carbonyl (C=O) groups is 1. The van der Waals surface area contributed by atoms with Gasteiger partial charge >= 0.3 is 5.97 Å². The summed E-state index contributed by atoms with van der Waals surface area (Å²) in [4.78, 5) is 15.5. The number of thioether (sulfide) groups is 1. The molecule has 25 heavy (non-hydrogen) atoms. The van der Waals surface area contributed by atoms with E-state index in [1.807, 2.05) is 6.07 Å². The highest BCUT2D eigenvalue weighted by Gasteiger charge is 2.12. The van der Waals surface area contributed by atoms with Gasteiger partial charge in [0, 0.05) is 0 Å². The van der Waals surface area contributed by atoms with E-state index in [2.05, 4.69) is 15.5 Å². The van der Waals surface area contributed by atoms with Crippen molar-refractivity contribution in [3.63, 3.8) is 0 Å². The number of hydrazone groups is 1. The first kappa shape index (κ1) is 18.4. The second-order valence-corrected chi connectivity index (χ2v) is 5.29. The summed E-state index contributed by atoms with van der Waals surface area (Å²) in [6, 6.07) is 7.19. The minimum absolute atomic E-state index is 0.185. The van der Waals surface area contributed by atoms with Gasteiger partial charge < -0.3 is 14.2 Å². The van der Waals surface area contributed by atoms with Gasteiger partial charge in [-0.25, -0.2) is 9.79 Å². The number of benzene rings is 1. The number of rotatable bonds is 5. The number of ether oxygens (including phenoxy) is 3. The lowest BCUT2D eigenvalue weighted by Gasteiger charge is -2.01. The summed E-state index contributed by atoms with van der Waals surface area (Å²) in [5.74, 6) is 0.654. The predicted molar refractivity (Wildman–Crippen MR) is 94.6 cm³/mol. The number of hydrogen-bond donors (Lipinski definition) is 1. The summed E-state index contributed by atoms with van der Waals surface area (Å²) < 4.78 is 15.3. The second-order valence-electron chi connectivity index (χ2n) is 4.50. The molecule has 0 bridgehead atoms. The number of hydrogen-bond acceptors (Lipinski definition) is 8. The van der Waals surface area contributed by atoms with Crippen molar-refractivity contribution in [2.75, 3.05) is 19.7 Å². The molecule has 1 aromatic carbocycles. The third kappa shape index (κ3) is 5.26. The Kier molecular flexibility index (Phi) is 6.86. The number of amidine groups is 1. The molecule has 0 amide bonds. The third-order valence-electron chi connectivity index (χ3n) is 2.89. The number of carbonyl (C=O) groups excluding carboxylic acids is 1. The number of aliphatic imine (C=N–C) groups is 1. The molecular weight excluding hydrogens is 344 g/mol. The quantitative estimate of drug-likeness (QED) is 0.214. The Morgan fingerprint density at radius 2 is 2.28 bits per heavy atom. The van der Waals surface area contributed by atoms with Crippen molar-refractivity contribution >= 4 is 29.1 Å². The number of nitrogens with one attached hydrogen (secondary N) is 1. The number of fused-ring (bicyclic) bond motifs is 1. The summed E-state index contributed by atoms with van der Waals surface area (Å²) in [5, 5.41) is 13.4. The molecule has 8 nitrogen and oxygen atoms in total. The largest absolute Gasteiger partial charge is 0.462 e. The number of esters is 1.